The van der Waals surface area contributed by atoms with E-state index < -0.39 is 21.9 Å². The molecule has 146 valence electrons. The van der Waals surface area contributed by atoms with Crippen LogP contribution in [0.25, 0.3) is 0 Å². The Morgan fingerprint density at radius 1 is 1.07 bits per heavy atom. The fraction of sp³-hybridized carbons (Fsp3) is 0.316. The minimum Gasteiger partial charge on any atom is -0.497 e. The molecule has 0 aromatic heterocycles. The van der Waals surface area contributed by atoms with Gasteiger partial charge in [-0.15, -0.1) is 0 Å². The Hall–Kier alpha value is -2.45. The first-order valence-corrected chi connectivity index (χ1v) is 10.2. The number of hydrogen-bond donors (Lipinski definition) is 2. The Bertz CT molecular complexity index is 868. The maximum Gasteiger partial charge on any atom is 0.222 e. The average Bonchev–Trinajstić information content (AvgIpc) is 2.60. The molecule has 0 aliphatic heterocycles. The Morgan fingerprint density at radius 2 is 1.63 bits per heavy atom. The third-order valence-corrected chi connectivity index (χ3v) is 4.72. The van der Waals surface area contributed by atoms with Gasteiger partial charge in [0.25, 0.3) is 0 Å². The lowest BCUT2D eigenvalue weighted by molar-refractivity contribution is -0.122. The smallest absolute Gasteiger partial charge is 0.222 e. The van der Waals surface area contributed by atoms with Crippen LogP contribution in [0.15, 0.2) is 48.5 Å². The highest BCUT2D eigenvalue weighted by molar-refractivity contribution is 7.88. The first kappa shape index (κ1) is 20.9. The molecule has 0 unspecified atom stereocenters. The Balaban J connectivity index is 2.08. The van der Waals surface area contributed by atoms with Crippen molar-refractivity contribution < 1.29 is 22.3 Å². The van der Waals surface area contributed by atoms with Crippen molar-refractivity contribution in [1.29, 1.82) is 0 Å². The van der Waals surface area contributed by atoms with Crippen LogP contribution in [0.1, 0.15) is 36.6 Å². The summed E-state index contributed by atoms with van der Waals surface area (Å²) in [5, 5.41) is 2.84. The van der Waals surface area contributed by atoms with Gasteiger partial charge in [0, 0.05) is 6.42 Å². The second kappa shape index (κ2) is 8.96. The topological polar surface area (TPSA) is 84.5 Å². The molecule has 6 nitrogen and oxygen atoms in total. The molecule has 0 spiro atoms. The van der Waals surface area contributed by atoms with Crippen molar-refractivity contribution >= 4 is 15.9 Å². The van der Waals surface area contributed by atoms with Gasteiger partial charge in [-0.1, -0.05) is 24.3 Å². The Kier molecular flexibility index (Phi) is 6.92. The summed E-state index contributed by atoms with van der Waals surface area (Å²) < 4.78 is 43.9. The zero-order chi connectivity index (χ0) is 20.0. The molecule has 0 fully saturated rings. The van der Waals surface area contributed by atoms with E-state index in [2.05, 4.69) is 10.0 Å². The van der Waals surface area contributed by atoms with Crippen molar-refractivity contribution in [2.45, 2.75) is 25.4 Å². The molecular weight excluding hydrogens is 371 g/mol. The highest BCUT2D eigenvalue weighted by Gasteiger charge is 2.21. The summed E-state index contributed by atoms with van der Waals surface area (Å²) in [6, 6.07) is 11.6. The van der Waals surface area contributed by atoms with Crippen LogP contribution in [0.4, 0.5) is 4.39 Å². The van der Waals surface area contributed by atoms with Gasteiger partial charge in [-0.3, -0.25) is 4.79 Å². The molecule has 0 heterocycles. The van der Waals surface area contributed by atoms with Crippen LogP contribution in [0.2, 0.25) is 0 Å². The summed E-state index contributed by atoms with van der Waals surface area (Å²) in [7, 11) is -1.98. The molecule has 0 radical (unpaired) electrons. The number of benzene rings is 2. The van der Waals surface area contributed by atoms with Crippen LogP contribution >= 0.6 is 0 Å². The number of carbonyl (C=O) groups is 1. The van der Waals surface area contributed by atoms with Gasteiger partial charge in [0.05, 0.1) is 25.4 Å². The molecule has 2 aromatic rings. The fourth-order valence-corrected chi connectivity index (χ4v) is 3.38. The molecule has 2 atom stereocenters. The average molecular weight is 394 g/mol. The third-order valence-electron chi connectivity index (χ3n) is 4.01. The Morgan fingerprint density at radius 3 is 2.15 bits per heavy atom. The van der Waals surface area contributed by atoms with E-state index in [0.29, 0.717) is 11.3 Å². The number of halogens is 1. The second-order valence-corrected chi connectivity index (χ2v) is 8.04. The largest absolute Gasteiger partial charge is 0.497 e. The van der Waals surface area contributed by atoms with Gasteiger partial charge in [0.1, 0.15) is 11.6 Å². The zero-order valence-electron chi connectivity index (χ0n) is 15.4. The number of carbonyl (C=O) groups excluding carboxylic acids is 1. The van der Waals surface area contributed by atoms with Crippen molar-refractivity contribution in [2.24, 2.45) is 0 Å². The highest BCUT2D eigenvalue weighted by atomic mass is 32.2. The number of sulfonamides is 1. The van der Waals surface area contributed by atoms with E-state index in [9.17, 15) is 17.6 Å². The molecule has 2 rings (SSSR count). The lowest BCUT2D eigenvalue weighted by Crippen LogP contribution is -2.34. The van der Waals surface area contributed by atoms with Crippen molar-refractivity contribution in [3.63, 3.8) is 0 Å². The van der Waals surface area contributed by atoms with E-state index in [1.807, 2.05) is 19.1 Å². The van der Waals surface area contributed by atoms with Crippen LogP contribution in [0.3, 0.4) is 0 Å². The van der Waals surface area contributed by atoms with E-state index in [4.69, 9.17) is 4.74 Å². The van der Waals surface area contributed by atoms with Crippen molar-refractivity contribution in [3.8, 4) is 5.75 Å². The molecule has 27 heavy (non-hydrogen) atoms. The molecule has 0 bridgehead atoms. The van der Waals surface area contributed by atoms with Gasteiger partial charge in [-0.05, 0) is 42.3 Å². The summed E-state index contributed by atoms with van der Waals surface area (Å²) in [5.74, 6) is -0.0516. The van der Waals surface area contributed by atoms with Gasteiger partial charge in [0.15, 0.2) is 0 Å². The zero-order valence-corrected chi connectivity index (χ0v) is 16.2. The predicted molar refractivity (Wildman–Crippen MR) is 101 cm³/mol. The van der Waals surface area contributed by atoms with Crippen LogP contribution in [0, 0.1) is 5.82 Å². The van der Waals surface area contributed by atoms with E-state index >= 15 is 0 Å². The van der Waals surface area contributed by atoms with Crippen molar-refractivity contribution in [1.82, 2.24) is 10.0 Å². The number of amides is 1. The Labute approximate surface area is 158 Å². The number of methoxy groups -OCH3 is 1. The van der Waals surface area contributed by atoms with Crippen LogP contribution < -0.4 is 14.8 Å². The summed E-state index contributed by atoms with van der Waals surface area (Å²) in [6.45, 7) is 1.83. The fourth-order valence-electron chi connectivity index (χ4n) is 2.64. The van der Waals surface area contributed by atoms with E-state index in [1.54, 1.807) is 19.2 Å². The van der Waals surface area contributed by atoms with Crippen LogP contribution in [0.5, 0.6) is 5.75 Å². The van der Waals surface area contributed by atoms with Crippen molar-refractivity contribution in [3.05, 3.63) is 65.5 Å². The number of nitrogens with one attached hydrogen (secondary N) is 2. The monoisotopic (exact) mass is 394 g/mol. The van der Waals surface area contributed by atoms with Gasteiger partial charge < -0.3 is 10.1 Å². The molecule has 0 aliphatic rings. The molecule has 8 heteroatoms. The first-order valence-electron chi connectivity index (χ1n) is 8.34. The number of rotatable bonds is 8. The predicted octanol–water partition coefficient (Wildman–Crippen LogP) is 2.69. The first-order chi connectivity index (χ1) is 12.7. The second-order valence-electron chi connectivity index (χ2n) is 6.26. The van der Waals surface area contributed by atoms with Gasteiger partial charge in [-0.2, -0.15) is 0 Å². The van der Waals surface area contributed by atoms with Gasteiger partial charge >= 0.3 is 0 Å². The lowest BCUT2D eigenvalue weighted by Gasteiger charge is -2.20. The standard InChI is InChI=1S/C19H23FN2O4S/c1-13(14-6-10-17(26-2)11-7-14)21-19(23)12-18(22-27(3,24)25)15-4-8-16(20)9-5-15/h4-11,13,18,22H,12H2,1-3H3,(H,21,23)/t13-,18+/m0/s1. The minimum atomic E-state index is -3.55. The maximum atomic E-state index is 13.1. The van der Waals surface area contributed by atoms with E-state index in [0.717, 1.165) is 11.8 Å². The van der Waals surface area contributed by atoms with E-state index in [1.165, 1.54) is 24.3 Å². The highest BCUT2D eigenvalue weighted by Crippen LogP contribution is 2.21. The summed E-state index contributed by atoms with van der Waals surface area (Å²) >= 11 is 0. The van der Waals surface area contributed by atoms with Crippen molar-refractivity contribution in [2.75, 3.05) is 13.4 Å². The van der Waals surface area contributed by atoms with E-state index in [-0.39, 0.29) is 18.4 Å². The molecule has 1 amide bonds. The van der Waals surface area contributed by atoms with Crippen LogP contribution in [-0.4, -0.2) is 27.7 Å². The maximum absolute atomic E-state index is 13.1. The molecule has 0 saturated carbocycles. The molecular formula is C19H23FN2O4S. The molecule has 0 aliphatic carbocycles. The molecule has 2 aromatic carbocycles. The SMILES string of the molecule is COc1ccc([C@H](C)NC(=O)C[C@@H](NS(C)(=O)=O)c2ccc(F)cc2)cc1. The normalized spacial score (nSPS) is 13.6. The number of ether oxygens (including phenoxy) is 1. The van der Waals surface area contributed by atoms with Gasteiger partial charge in [0.2, 0.25) is 15.9 Å². The number of hydrogen-bond acceptors (Lipinski definition) is 4. The summed E-state index contributed by atoms with van der Waals surface area (Å²) in [6.07, 6.45) is 0.903. The minimum absolute atomic E-state index is 0.112. The molecule has 0 saturated heterocycles. The molecule has 2 N–H and O–H groups in total. The van der Waals surface area contributed by atoms with Crippen LogP contribution in [-0.2, 0) is 14.8 Å². The quantitative estimate of drug-likeness (QED) is 0.721. The lowest BCUT2D eigenvalue weighted by atomic mass is 10.0. The summed E-state index contributed by atoms with van der Waals surface area (Å²) in [4.78, 5) is 12.4. The van der Waals surface area contributed by atoms with Gasteiger partial charge in [-0.25, -0.2) is 17.5 Å². The summed E-state index contributed by atoms with van der Waals surface area (Å²) in [5.41, 5.74) is 1.40. The third kappa shape index (κ3) is 6.65.